The number of ether oxygens (including phenoxy) is 2. The summed E-state index contributed by atoms with van der Waals surface area (Å²) in [4.78, 5) is 28.8. The van der Waals surface area contributed by atoms with E-state index in [1.807, 2.05) is 6.92 Å². The number of nitrogens with zero attached hydrogens (tertiary/aromatic N) is 2. The molecule has 9 nitrogen and oxygen atoms in total. The van der Waals surface area contributed by atoms with Crippen LogP contribution < -0.4 is 19.1 Å². The molecule has 0 aromatic heterocycles. The zero-order valence-corrected chi connectivity index (χ0v) is 24.3. The lowest BCUT2D eigenvalue weighted by molar-refractivity contribution is -0.140. The maximum atomic E-state index is 13.9. The second-order valence-electron chi connectivity index (χ2n) is 9.83. The molecule has 39 heavy (non-hydrogen) atoms. The minimum atomic E-state index is -3.88. The minimum Gasteiger partial charge on any atom is -0.454 e. The van der Waals surface area contributed by atoms with E-state index in [0.29, 0.717) is 33.5 Å². The smallest absolute Gasteiger partial charge is 0.244 e. The molecule has 0 bridgehead atoms. The predicted octanol–water partition coefficient (Wildman–Crippen LogP) is 4.74. The van der Waals surface area contributed by atoms with Crippen LogP contribution in [0.15, 0.2) is 36.4 Å². The highest BCUT2D eigenvalue weighted by Crippen LogP contribution is 2.36. The van der Waals surface area contributed by atoms with Gasteiger partial charge in [0.05, 0.1) is 11.9 Å². The maximum absolute atomic E-state index is 13.9. The highest BCUT2D eigenvalue weighted by molar-refractivity contribution is 7.92. The van der Waals surface area contributed by atoms with Gasteiger partial charge >= 0.3 is 0 Å². The number of rotatable bonds is 10. The van der Waals surface area contributed by atoms with Crippen LogP contribution in [-0.2, 0) is 26.2 Å². The van der Waals surface area contributed by atoms with E-state index in [0.717, 1.165) is 42.7 Å². The lowest BCUT2D eigenvalue weighted by Gasteiger charge is -2.34. The van der Waals surface area contributed by atoms with Crippen LogP contribution >= 0.6 is 23.2 Å². The van der Waals surface area contributed by atoms with Gasteiger partial charge in [-0.2, -0.15) is 0 Å². The molecule has 0 saturated heterocycles. The normalized spacial score (nSPS) is 16.0. The molecule has 12 heteroatoms. The summed E-state index contributed by atoms with van der Waals surface area (Å²) in [6.07, 6.45) is 6.38. The third-order valence-corrected chi connectivity index (χ3v) is 8.74. The van der Waals surface area contributed by atoms with Gasteiger partial charge in [-0.15, -0.1) is 0 Å². The van der Waals surface area contributed by atoms with E-state index in [9.17, 15) is 18.0 Å². The highest BCUT2D eigenvalue weighted by Gasteiger charge is 2.33. The molecule has 1 aliphatic heterocycles. The van der Waals surface area contributed by atoms with Crippen molar-refractivity contribution >= 4 is 50.7 Å². The van der Waals surface area contributed by atoms with Crippen LogP contribution in [0.5, 0.6) is 11.5 Å². The molecule has 212 valence electrons. The Morgan fingerprint density at radius 2 is 1.77 bits per heavy atom. The molecule has 0 unspecified atom stereocenters. The van der Waals surface area contributed by atoms with Crippen molar-refractivity contribution in [2.75, 3.05) is 23.9 Å². The quantitative estimate of drug-likeness (QED) is 0.424. The molecule has 2 amide bonds. The highest BCUT2D eigenvalue weighted by atomic mass is 35.5. The Hall–Kier alpha value is -2.69. The molecule has 0 radical (unpaired) electrons. The van der Waals surface area contributed by atoms with Gasteiger partial charge in [-0.3, -0.25) is 13.9 Å². The third kappa shape index (κ3) is 7.29. The molecule has 4 rings (SSSR count). The molecule has 2 aromatic rings. The van der Waals surface area contributed by atoms with E-state index in [2.05, 4.69) is 5.32 Å². The SMILES string of the molecule is CC[C@@H](C(=O)NC1CCCCC1)N(Cc1ccc(Cl)cc1Cl)C(=O)CN(c1ccc2c(c1)OCO2)S(C)(=O)=O. The zero-order valence-electron chi connectivity index (χ0n) is 22.0. The van der Waals surface area contributed by atoms with Gasteiger partial charge < -0.3 is 19.7 Å². The molecule has 2 aromatic carbocycles. The first-order valence-corrected chi connectivity index (χ1v) is 15.6. The summed E-state index contributed by atoms with van der Waals surface area (Å²) in [5.41, 5.74) is 0.839. The van der Waals surface area contributed by atoms with Crippen LogP contribution in [0.3, 0.4) is 0 Å². The second kappa shape index (κ2) is 12.7. The molecule has 1 heterocycles. The molecule has 1 N–H and O–H groups in total. The number of carbonyl (C=O) groups excluding carboxylic acids is 2. The summed E-state index contributed by atoms with van der Waals surface area (Å²) in [5.74, 6) is 0.0613. The largest absolute Gasteiger partial charge is 0.454 e. The first-order valence-electron chi connectivity index (χ1n) is 13.0. The van der Waals surface area contributed by atoms with Crippen molar-refractivity contribution in [1.29, 1.82) is 0 Å². The number of anilines is 1. The Labute approximate surface area is 239 Å². The lowest BCUT2D eigenvalue weighted by Crippen LogP contribution is -2.54. The van der Waals surface area contributed by atoms with Gasteiger partial charge in [0.25, 0.3) is 0 Å². The van der Waals surface area contributed by atoms with Gasteiger partial charge in [0, 0.05) is 28.7 Å². The van der Waals surface area contributed by atoms with E-state index >= 15 is 0 Å². The summed E-state index contributed by atoms with van der Waals surface area (Å²) in [6.45, 7) is 1.34. The number of carbonyl (C=O) groups is 2. The summed E-state index contributed by atoms with van der Waals surface area (Å²) < 4.78 is 37.4. The number of halogens is 2. The van der Waals surface area contributed by atoms with E-state index in [4.69, 9.17) is 32.7 Å². The summed E-state index contributed by atoms with van der Waals surface area (Å²) >= 11 is 12.5. The average Bonchev–Trinajstić information content (AvgIpc) is 3.36. The van der Waals surface area contributed by atoms with E-state index < -0.39 is 28.5 Å². The summed E-state index contributed by atoms with van der Waals surface area (Å²) in [7, 11) is -3.88. The molecular formula is C27H33Cl2N3O6S. The Balaban J connectivity index is 1.64. The van der Waals surface area contributed by atoms with Gasteiger partial charge in [-0.1, -0.05) is 55.5 Å². The molecule has 1 aliphatic carbocycles. The van der Waals surface area contributed by atoms with Crippen LogP contribution in [0, 0.1) is 0 Å². The van der Waals surface area contributed by atoms with Crippen LogP contribution in [0.2, 0.25) is 10.0 Å². The Morgan fingerprint density at radius 1 is 1.05 bits per heavy atom. The lowest BCUT2D eigenvalue weighted by atomic mass is 9.95. The van der Waals surface area contributed by atoms with E-state index in [1.54, 1.807) is 30.3 Å². The fourth-order valence-electron chi connectivity index (χ4n) is 4.95. The predicted molar refractivity (Wildman–Crippen MR) is 151 cm³/mol. The van der Waals surface area contributed by atoms with Crippen molar-refractivity contribution in [1.82, 2.24) is 10.2 Å². The molecule has 1 atom stereocenters. The fourth-order valence-corrected chi connectivity index (χ4v) is 6.26. The van der Waals surface area contributed by atoms with Gasteiger partial charge in [0.1, 0.15) is 12.6 Å². The Bertz CT molecular complexity index is 1320. The number of sulfonamides is 1. The monoisotopic (exact) mass is 597 g/mol. The molecule has 0 spiro atoms. The summed E-state index contributed by atoms with van der Waals surface area (Å²) in [6, 6.07) is 8.81. The standard InChI is InChI=1S/C27H33Cl2N3O6S/c1-3-23(27(34)30-20-7-5-4-6-8-20)31(15-18-9-10-19(28)13-22(18)29)26(33)16-32(39(2,35)36)21-11-12-24-25(14-21)38-17-37-24/h9-14,20,23H,3-8,15-17H2,1-2H3,(H,30,34)/t23-/m0/s1. The van der Waals surface area contributed by atoms with Gasteiger partial charge in [0.2, 0.25) is 28.6 Å². The number of benzene rings is 2. The van der Waals surface area contributed by atoms with Crippen LogP contribution in [-0.4, -0.2) is 56.8 Å². The Kier molecular flexibility index (Phi) is 9.51. The molecular weight excluding hydrogens is 565 g/mol. The molecule has 1 fully saturated rings. The number of hydrogen-bond donors (Lipinski definition) is 1. The van der Waals surface area contributed by atoms with Gasteiger partial charge in [0.15, 0.2) is 11.5 Å². The minimum absolute atomic E-state index is 0.00414. The fraction of sp³-hybridized carbons (Fsp3) is 0.481. The number of amides is 2. The molecule has 1 saturated carbocycles. The van der Waals surface area contributed by atoms with Gasteiger partial charge in [-0.05, 0) is 49.1 Å². The maximum Gasteiger partial charge on any atom is 0.244 e. The second-order valence-corrected chi connectivity index (χ2v) is 12.6. The van der Waals surface area contributed by atoms with Crippen LogP contribution in [0.1, 0.15) is 51.0 Å². The van der Waals surface area contributed by atoms with Crippen molar-refractivity contribution in [3.8, 4) is 11.5 Å². The van der Waals surface area contributed by atoms with E-state index in [-0.39, 0.29) is 31.0 Å². The first kappa shape index (κ1) is 29.3. The van der Waals surface area contributed by atoms with Gasteiger partial charge in [-0.25, -0.2) is 8.42 Å². The van der Waals surface area contributed by atoms with Crippen LogP contribution in [0.25, 0.3) is 0 Å². The topological polar surface area (TPSA) is 105 Å². The van der Waals surface area contributed by atoms with E-state index in [1.165, 1.54) is 11.0 Å². The Morgan fingerprint density at radius 3 is 2.44 bits per heavy atom. The van der Waals surface area contributed by atoms with Crippen molar-refractivity contribution in [3.63, 3.8) is 0 Å². The average molecular weight is 599 g/mol. The summed E-state index contributed by atoms with van der Waals surface area (Å²) in [5, 5.41) is 3.89. The zero-order chi connectivity index (χ0) is 28.2. The number of nitrogens with one attached hydrogen (secondary N) is 1. The first-order chi connectivity index (χ1) is 18.6. The van der Waals surface area contributed by atoms with Crippen LogP contribution in [0.4, 0.5) is 5.69 Å². The van der Waals surface area contributed by atoms with Crippen molar-refractivity contribution in [2.45, 2.75) is 64.1 Å². The number of hydrogen-bond acceptors (Lipinski definition) is 6. The van der Waals surface area contributed by atoms with Crippen molar-refractivity contribution in [3.05, 3.63) is 52.0 Å². The third-order valence-electron chi connectivity index (χ3n) is 7.02. The van der Waals surface area contributed by atoms with Crippen molar-refractivity contribution < 1.29 is 27.5 Å². The number of fused-ring (bicyclic) bond motifs is 1. The van der Waals surface area contributed by atoms with Crippen molar-refractivity contribution in [2.24, 2.45) is 0 Å². The molecule has 2 aliphatic rings.